The van der Waals surface area contributed by atoms with Gasteiger partial charge in [-0.05, 0) is 6.92 Å². The van der Waals surface area contributed by atoms with Gasteiger partial charge in [0.2, 0.25) is 0 Å². The van der Waals surface area contributed by atoms with Crippen LogP contribution in [-0.2, 0) is 6.42 Å². The van der Waals surface area contributed by atoms with E-state index in [-0.39, 0.29) is 6.10 Å². The second-order valence-corrected chi connectivity index (χ2v) is 6.00. The van der Waals surface area contributed by atoms with Gasteiger partial charge in [-0.1, -0.05) is 0 Å². The molecule has 0 spiro atoms. The normalized spacial score (nSPS) is 33.9. The van der Waals surface area contributed by atoms with Crippen molar-refractivity contribution in [3.8, 4) is 0 Å². The molecule has 1 aromatic heterocycles. The maximum Gasteiger partial charge on any atom is 0.0954 e. The Bertz CT molecular complexity index is 387. The summed E-state index contributed by atoms with van der Waals surface area (Å²) in [7, 11) is 0. The highest BCUT2D eigenvalue weighted by Gasteiger charge is 2.36. The number of aryl methyl sites for hydroxylation is 1. The number of thiazole rings is 1. The van der Waals surface area contributed by atoms with Crippen molar-refractivity contribution >= 4 is 11.3 Å². The topological polar surface area (TPSA) is 39.6 Å². The maximum absolute atomic E-state index is 10.4. The quantitative estimate of drug-likeness (QED) is 0.844. The highest BCUT2D eigenvalue weighted by atomic mass is 32.1. The molecule has 5 heteroatoms. The van der Waals surface area contributed by atoms with Crippen molar-refractivity contribution in [3.63, 3.8) is 0 Å². The van der Waals surface area contributed by atoms with E-state index in [1.165, 1.54) is 13.1 Å². The molecule has 3 aliphatic rings. The van der Waals surface area contributed by atoms with Crippen molar-refractivity contribution < 1.29 is 5.11 Å². The molecule has 0 aliphatic carbocycles. The summed E-state index contributed by atoms with van der Waals surface area (Å²) >= 11 is 1.66. The fourth-order valence-corrected chi connectivity index (χ4v) is 3.66. The van der Waals surface area contributed by atoms with Crippen LogP contribution in [0.4, 0.5) is 0 Å². The number of piperazine rings is 3. The van der Waals surface area contributed by atoms with E-state index in [4.69, 9.17) is 0 Å². The van der Waals surface area contributed by atoms with Gasteiger partial charge in [-0.25, -0.2) is 4.98 Å². The van der Waals surface area contributed by atoms with Gasteiger partial charge in [-0.15, -0.1) is 11.3 Å². The zero-order valence-electron chi connectivity index (χ0n) is 10.2. The summed E-state index contributed by atoms with van der Waals surface area (Å²) in [5.74, 6) is 0. The fraction of sp³-hybridized carbons (Fsp3) is 0.750. The molecular formula is C12H19N3OS. The van der Waals surface area contributed by atoms with Crippen LogP contribution in [0.25, 0.3) is 0 Å². The number of fused-ring (bicyclic) bond motifs is 3. The Kier molecular flexibility index (Phi) is 3.17. The molecule has 2 atom stereocenters. The van der Waals surface area contributed by atoms with Crippen molar-refractivity contribution in [1.82, 2.24) is 14.8 Å². The van der Waals surface area contributed by atoms with Gasteiger partial charge in [0.05, 0.1) is 11.1 Å². The summed E-state index contributed by atoms with van der Waals surface area (Å²) in [4.78, 5) is 9.33. The Morgan fingerprint density at radius 2 is 2.24 bits per heavy atom. The van der Waals surface area contributed by atoms with Crippen molar-refractivity contribution in [2.75, 3.05) is 32.7 Å². The van der Waals surface area contributed by atoms with Gasteiger partial charge in [0.1, 0.15) is 0 Å². The molecule has 17 heavy (non-hydrogen) atoms. The molecule has 3 saturated heterocycles. The summed E-state index contributed by atoms with van der Waals surface area (Å²) in [6, 6.07) is 0.307. The third-order valence-corrected chi connectivity index (χ3v) is 4.80. The molecule has 0 radical (unpaired) electrons. The maximum atomic E-state index is 10.4. The minimum absolute atomic E-state index is 0.274. The summed E-state index contributed by atoms with van der Waals surface area (Å²) in [5, 5.41) is 13.5. The average Bonchev–Trinajstić information content (AvgIpc) is 2.76. The Morgan fingerprint density at radius 1 is 1.47 bits per heavy atom. The molecular weight excluding hydrogens is 234 g/mol. The van der Waals surface area contributed by atoms with Crippen LogP contribution in [0.1, 0.15) is 10.7 Å². The van der Waals surface area contributed by atoms with E-state index in [1.807, 2.05) is 6.92 Å². The minimum atomic E-state index is -0.274. The molecule has 0 aromatic carbocycles. The molecule has 3 fully saturated rings. The van der Waals surface area contributed by atoms with Crippen LogP contribution in [-0.4, -0.2) is 64.8 Å². The van der Waals surface area contributed by atoms with Gasteiger partial charge in [-0.2, -0.15) is 0 Å². The number of hydrogen-bond acceptors (Lipinski definition) is 5. The molecule has 1 aromatic rings. The van der Waals surface area contributed by atoms with Crippen LogP contribution in [0, 0.1) is 6.92 Å². The van der Waals surface area contributed by atoms with Crippen LogP contribution in [0.15, 0.2) is 5.38 Å². The van der Waals surface area contributed by atoms with Crippen molar-refractivity contribution in [3.05, 3.63) is 16.1 Å². The van der Waals surface area contributed by atoms with Gasteiger partial charge in [-0.3, -0.25) is 9.80 Å². The fourth-order valence-electron chi connectivity index (χ4n) is 2.83. The van der Waals surface area contributed by atoms with Gasteiger partial charge in [0.25, 0.3) is 0 Å². The minimum Gasteiger partial charge on any atom is -0.391 e. The van der Waals surface area contributed by atoms with Gasteiger partial charge < -0.3 is 5.11 Å². The summed E-state index contributed by atoms with van der Waals surface area (Å²) in [6.07, 6.45) is 0.427. The van der Waals surface area contributed by atoms with Crippen molar-refractivity contribution in [1.29, 1.82) is 0 Å². The Hall–Kier alpha value is -0.490. The second-order valence-electron chi connectivity index (χ2n) is 5.06. The lowest BCUT2D eigenvalue weighted by atomic mass is 10.0. The highest BCUT2D eigenvalue weighted by Crippen LogP contribution is 2.21. The van der Waals surface area contributed by atoms with E-state index < -0.39 is 0 Å². The predicted octanol–water partition coefficient (Wildman–Crippen LogP) is 0.355. The molecule has 3 aliphatic heterocycles. The van der Waals surface area contributed by atoms with Gasteiger partial charge >= 0.3 is 0 Å². The number of aromatic nitrogens is 1. The van der Waals surface area contributed by atoms with Crippen LogP contribution < -0.4 is 0 Å². The number of rotatable bonds is 3. The first-order chi connectivity index (χ1) is 8.22. The highest BCUT2D eigenvalue weighted by molar-refractivity contribution is 7.09. The molecule has 4 rings (SSSR count). The number of aliphatic hydroxyl groups is 1. The van der Waals surface area contributed by atoms with E-state index in [0.717, 1.165) is 30.3 Å². The van der Waals surface area contributed by atoms with Crippen LogP contribution in [0.2, 0.25) is 0 Å². The molecule has 4 nitrogen and oxygen atoms in total. The first-order valence-electron chi connectivity index (χ1n) is 6.28. The largest absolute Gasteiger partial charge is 0.391 e. The Morgan fingerprint density at radius 3 is 2.76 bits per heavy atom. The van der Waals surface area contributed by atoms with E-state index >= 15 is 0 Å². The molecule has 94 valence electrons. The predicted molar refractivity (Wildman–Crippen MR) is 68.4 cm³/mol. The van der Waals surface area contributed by atoms with E-state index in [1.54, 1.807) is 11.3 Å². The lowest BCUT2D eigenvalue weighted by Gasteiger charge is -2.49. The standard InChI is InChI=1S/C12H19N3OS/c1-9-8-17-12(13-9)6-11(16)10-7-14-2-4-15(10)5-3-14/h8,10-11,16H,2-7H2,1H3. The summed E-state index contributed by atoms with van der Waals surface area (Å²) in [6.45, 7) is 7.58. The summed E-state index contributed by atoms with van der Waals surface area (Å²) < 4.78 is 0. The second kappa shape index (κ2) is 4.65. The molecule has 1 N–H and O–H groups in total. The average molecular weight is 253 g/mol. The number of nitrogens with zero attached hydrogens (tertiary/aromatic N) is 3. The van der Waals surface area contributed by atoms with Crippen LogP contribution >= 0.6 is 11.3 Å². The zero-order valence-corrected chi connectivity index (χ0v) is 11.0. The molecule has 2 unspecified atom stereocenters. The number of aliphatic hydroxyl groups excluding tert-OH is 1. The number of hydrogen-bond donors (Lipinski definition) is 1. The SMILES string of the molecule is Cc1csc(CC(O)C2CN3CCN2CC3)n1. The first kappa shape index (κ1) is 11.6. The van der Waals surface area contributed by atoms with Crippen LogP contribution in [0.5, 0.6) is 0 Å². The van der Waals surface area contributed by atoms with Crippen LogP contribution in [0.3, 0.4) is 0 Å². The van der Waals surface area contributed by atoms with Crippen molar-refractivity contribution in [2.45, 2.75) is 25.5 Å². The van der Waals surface area contributed by atoms with Crippen molar-refractivity contribution in [2.24, 2.45) is 0 Å². The van der Waals surface area contributed by atoms with E-state index in [2.05, 4.69) is 20.2 Å². The molecule has 2 bridgehead atoms. The first-order valence-corrected chi connectivity index (χ1v) is 7.16. The van der Waals surface area contributed by atoms with Gasteiger partial charge in [0.15, 0.2) is 0 Å². The lowest BCUT2D eigenvalue weighted by Crippen LogP contribution is -2.64. The molecule has 0 amide bonds. The zero-order chi connectivity index (χ0) is 11.8. The summed E-state index contributed by atoms with van der Waals surface area (Å²) in [5.41, 5.74) is 1.06. The van der Waals surface area contributed by atoms with Gasteiger partial charge in [0, 0.05) is 56.3 Å². The third-order valence-electron chi connectivity index (χ3n) is 3.82. The lowest BCUT2D eigenvalue weighted by molar-refractivity contribution is -0.0453. The van der Waals surface area contributed by atoms with E-state index in [0.29, 0.717) is 12.5 Å². The molecule has 4 heterocycles. The monoisotopic (exact) mass is 253 g/mol. The Labute approximate surface area is 106 Å². The van der Waals surface area contributed by atoms with E-state index in [9.17, 15) is 5.11 Å². The Balaban J connectivity index is 1.64. The third kappa shape index (κ3) is 2.38. The molecule has 0 saturated carbocycles. The smallest absolute Gasteiger partial charge is 0.0954 e.